The number of carbonyl (C=O) groups is 3. The lowest BCUT2D eigenvalue weighted by Crippen LogP contribution is -2.46. The van der Waals surface area contributed by atoms with Crippen molar-refractivity contribution in [2.75, 3.05) is 19.7 Å². The van der Waals surface area contributed by atoms with Gasteiger partial charge < -0.3 is 20.1 Å². The molecule has 2 atom stereocenters. The zero-order valence-corrected chi connectivity index (χ0v) is 11.7. The molecule has 1 aliphatic rings. The molecule has 2 N–H and O–H groups in total. The molecule has 2 amide bonds. The van der Waals surface area contributed by atoms with Gasteiger partial charge in [-0.2, -0.15) is 0 Å². The van der Waals surface area contributed by atoms with Gasteiger partial charge in [-0.25, -0.2) is 4.79 Å². The maximum atomic E-state index is 12.0. The summed E-state index contributed by atoms with van der Waals surface area (Å²) in [6.45, 7) is 3.97. The van der Waals surface area contributed by atoms with E-state index in [1.807, 2.05) is 0 Å². The molecule has 0 spiro atoms. The van der Waals surface area contributed by atoms with Crippen molar-refractivity contribution in [3.05, 3.63) is 12.2 Å². The Hall–Kier alpha value is -2.05. The van der Waals surface area contributed by atoms with E-state index in [0.717, 1.165) is 0 Å². The van der Waals surface area contributed by atoms with Gasteiger partial charge in [-0.1, -0.05) is 12.2 Å². The quantitative estimate of drug-likeness (QED) is 0.550. The minimum Gasteiger partial charge on any atom is -0.481 e. The largest absolute Gasteiger partial charge is 0.481 e. The van der Waals surface area contributed by atoms with Crippen LogP contribution in [-0.2, 0) is 14.3 Å². The van der Waals surface area contributed by atoms with Gasteiger partial charge >= 0.3 is 18.0 Å². The maximum absolute atomic E-state index is 12.0. The molecule has 1 rings (SSSR count). The number of carboxylic acids is 1. The van der Waals surface area contributed by atoms with Gasteiger partial charge in [-0.05, 0) is 20.3 Å². The summed E-state index contributed by atoms with van der Waals surface area (Å²) >= 11 is 0. The summed E-state index contributed by atoms with van der Waals surface area (Å²) in [5, 5.41) is 11.6. The van der Waals surface area contributed by atoms with Crippen LogP contribution >= 0.6 is 0 Å². The van der Waals surface area contributed by atoms with Crippen LogP contribution in [0.5, 0.6) is 0 Å². The second kappa shape index (κ2) is 7.52. The smallest absolute Gasteiger partial charge is 0.325 e. The van der Waals surface area contributed by atoms with Crippen LogP contribution in [0.25, 0.3) is 0 Å². The molecule has 1 aliphatic carbocycles. The molecular formula is C13H20N2O5. The first-order chi connectivity index (χ1) is 9.47. The Labute approximate surface area is 117 Å². The summed E-state index contributed by atoms with van der Waals surface area (Å²) in [5.41, 5.74) is 0. The van der Waals surface area contributed by atoms with Crippen LogP contribution in [0.3, 0.4) is 0 Å². The van der Waals surface area contributed by atoms with E-state index in [4.69, 9.17) is 9.84 Å². The summed E-state index contributed by atoms with van der Waals surface area (Å²) in [6.07, 6.45) is 3.56. The second-order valence-electron chi connectivity index (χ2n) is 4.44. The fourth-order valence-corrected chi connectivity index (χ4v) is 1.93. The first-order valence-corrected chi connectivity index (χ1v) is 6.60. The van der Waals surface area contributed by atoms with E-state index in [1.54, 1.807) is 26.0 Å². The fraction of sp³-hybridized carbons (Fsp3) is 0.615. The van der Waals surface area contributed by atoms with Crippen molar-refractivity contribution in [3.63, 3.8) is 0 Å². The highest BCUT2D eigenvalue weighted by molar-refractivity contribution is 5.81. The number of nitrogens with zero attached hydrogens (tertiary/aromatic N) is 1. The number of urea groups is 1. The highest BCUT2D eigenvalue weighted by Crippen LogP contribution is 2.18. The average Bonchev–Trinajstić information content (AvgIpc) is 2.84. The molecule has 0 aromatic rings. The van der Waals surface area contributed by atoms with Crippen LogP contribution in [0.4, 0.5) is 4.79 Å². The maximum Gasteiger partial charge on any atom is 0.325 e. The zero-order valence-electron chi connectivity index (χ0n) is 11.7. The summed E-state index contributed by atoms with van der Waals surface area (Å²) in [4.78, 5) is 35.5. The van der Waals surface area contributed by atoms with Gasteiger partial charge in [0.05, 0.1) is 18.6 Å². The van der Waals surface area contributed by atoms with Gasteiger partial charge in [0.1, 0.15) is 6.54 Å². The van der Waals surface area contributed by atoms with E-state index in [-0.39, 0.29) is 19.2 Å². The number of ether oxygens (including phenoxy) is 1. The molecule has 0 aromatic heterocycles. The van der Waals surface area contributed by atoms with Crippen LogP contribution in [0.1, 0.15) is 20.3 Å². The molecular weight excluding hydrogens is 264 g/mol. The summed E-state index contributed by atoms with van der Waals surface area (Å²) < 4.78 is 4.79. The van der Waals surface area contributed by atoms with Crippen molar-refractivity contribution in [1.29, 1.82) is 0 Å². The molecule has 7 nitrogen and oxygen atoms in total. The summed E-state index contributed by atoms with van der Waals surface area (Å²) in [5.74, 6) is -1.94. The number of carbonyl (C=O) groups excluding carboxylic acids is 2. The molecule has 0 bridgehead atoms. The lowest BCUT2D eigenvalue weighted by molar-refractivity contribution is -0.143. The molecule has 0 aliphatic heterocycles. The number of amides is 2. The number of esters is 1. The number of hydrogen-bond acceptors (Lipinski definition) is 4. The molecule has 20 heavy (non-hydrogen) atoms. The Morgan fingerprint density at radius 2 is 2.05 bits per heavy atom. The van der Waals surface area contributed by atoms with Crippen LogP contribution in [0, 0.1) is 5.92 Å². The van der Waals surface area contributed by atoms with Crippen molar-refractivity contribution in [1.82, 2.24) is 10.2 Å². The van der Waals surface area contributed by atoms with Crippen LogP contribution < -0.4 is 5.32 Å². The molecule has 0 saturated carbocycles. The number of rotatable bonds is 6. The standard InChI is InChI=1S/C13H20N2O5/c1-3-15(8-11(16)20-4-2)13(19)14-10-6-5-9(7-10)12(17)18/h5-6,9-10H,3-4,7-8H2,1-2H3,(H,14,19)(H,17,18). The third-order valence-corrected chi connectivity index (χ3v) is 3.00. The molecule has 0 radical (unpaired) electrons. The summed E-state index contributed by atoms with van der Waals surface area (Å²) in [7, 11) is 0. The molecule has 0 heterocycles. The van der Waals surface area contributed by atoms with Gasteiger partial charge in [0.2, 0.25) is 0 Å². The van der Waals surface area contributed by atoms with E-state index >= 15 is 0 Å². The van der Waals surface area contributed by atoms with Gasteiger partial charge in [-0.3, -0.25) is 9.59 Å². The van der Waals surface area contributed by atoms with Crippen molar-refractivity contribution in [2.45, 2.75) is 26.3 Å². The van der Waals surface area contributed by atoms with Crippen molar-refractivity contribution in [3.8, 4) is 0 Å². The van der Waals surface area contributed by atoms with E-state index in [1.165, 1.54) is 4.90 Å². The minimum atomic E-state index is -0.906. The number of likely N-dealkylation sites (N-methyl/N-ethyl adjacent to an activating group) is 1. The molecule has 0 fully saturated rings. The topological polar surface area (TPSA) is 95.9 Å². The Morgan fingerprint density at radius 3 is 2.55 bits per heavy atom. The summed E-state index contributed by atoms with van der Waals surface area (Å²) in [6, 6.07) is -0.721. The lowest BCUT2D eigenvalue weighted by atomic mass is 10.1. The van der Waals surface area contributed by atoms with Crippen LogP contribution in [-0.4, -0.2) is 53.7 Å². The highest BCUT2D eigenvalue weighted by atomic mass is 16.5. The van der Waals surface area contributed by atoms with E-state index in [9.17, 15) is 14.4 Å². The van der Waals surface area contributed by atoms with Crippen LogP contribution in [0.2, 0.25) is 0 Å². The third-order valence-electron chi connectivity index (χ3n) is 3.00. The van der Waals surface area contributed by atoms with E-state index in [2.05, 4.69) is 5.32 Å². The number of nitrogens with one attached hydrogen (secondary N) is 1. The molecule has 7 heteroatoms. The normalized spacial score (nSPS) is 20.5. The van der Waals surface area contributed by atoms with Crippen LogP contribution in [0.15, 0.2) is 12.2 Å². The SMILES string of the molecule is CCOC(=O)CN(CC)C(=O)NC1C=CC(C(=O)O)C1. The van der Waals surface area contributed by atoms with E-state index < -0.39 is 23.9 Å². The Kier molecular flexibility index (Phi) is 6.02. The van der Waals surface area contributed by atoms with Gasteiger partial charge in [0.15, 0.2) is 0 Å². The molecule has 0 saturated heterocycles. The molecule has 0 aromatic carbocycles. The predicted molar refractivity (Wildman–Crippen MR) is 71.1 cm³/mol. The zero-order chi connectivity index (χ0) is 15.1. The Morgan fingerprint density at radius 1 is 1.35 bits per heavy atom. The Balaban J connectivity index is 2.46. The second-order valence-corrected chi connectivity index (χ2v) is 4.44. The first-order valence-electron chi connectivity index (χ1n) is 6.60. The van der Waals surface area contributed by atoms with Crippen molar-refractivity contribution in [2.24, 2.45) is 5.92 Å². The van der Waals surface area contributed by atoms with Gasteiger partial charge in [0.25, 0.3) is 0 Å². The number of aliphatic carboxylic acids is 1. The van der Waals surface area contributed by atoms with Crippen molar-refractivity contribution >= 4 is 18.0 Å². The highest BCUT2D eigenvalue weighted by Gasteiger charge is 2.27. The Bertz CT molecular complexity index is 408. The fourth-order valence-electron chi connectivity index (χ4n) is 1.93. The van der Waals surface area contributed by atoms with E-state index in [0.29, 0.717) is 13.0 Å². The lowest BCUT2D eigenvalue weighted by Gasteiger charge is -2.22. The van der Waals surface area contributed by atoms with Gasteiger partial charge in [-0.15, -0.1) is 0 Å². The van der Waals surface area contributed by atoms with Gasteiger partial charge in [0, 0.05) is 6.54 Å². The van der Waals surface area contributed by atoms with Crippen molar-refractivity contribution < 1.29 is 24.2 Å². The first kappa shape index (κ1) is 16.0. The average molecular weight is 284 g/mol. The number of hydrogen-bond donors (Lipinski definition) is 2. The minimum absolute atomic E-state index is 0.116. The molecule has 112 valence electrons. The monoisotopic (exact) mass is 284 g/mol. The third kappa shape index (κ3) is 4.56. The molecule has 2 unspecified atom stereocenters. The predicted octanol–water partition coefficient (Wildman–Crippen LogP) is 0.610. The number of carboxylic acid groups (broad SMARTS) is 1.